The highest BCUT2D eigenvalue weighted by atomic mass is 14.9. The highest BCUT2D eigenvalue weighted by molar-refractivity contribution is 5.18. The molecule has 0 bridgehead atoms. The van der Waals surface area contributed by atoms with E-state index in [9.17, 15) is 0 Å². The molecule has 0 saturated heterocycles. The van der Waals surface area contributed by atoms with Gasteiger partial charge in [-0.05, 0) is 56.4 Å². The molecule has 2 aliphatic rings. The second-order valence-corrected chi connectivity index (χ2v) is 6.59. The van der Waals surface area contributed by atoms with Crippen molar-refractivity contribution in [1.82, 2.24) is 5.32 Å². The summed E-state index contributed by atoms with van der Waals surface area (Å²) >= 11 is 0. The third-order valence-corrected chi connectivity index (χ3v) is 4.83. The van der Waals surface area contributed by atoms with Gasteiger partial charge in [0.05, 0.1) is 0 Å². The lowest BCUT2D eigenvalue weighted by Gasteiger charge is -2.36. The molecule has 0 aromatic rings. The molecule has 0 heterocycles. The molecule has 2 unspecified atom stereocenters. The zero-order valence-electron chi connectivity index (χ0n) is 11.9. The molecular weight excluding hydrogens is 206 g/mol. The second kappa shape index (κ2) is 5.56. The molecule has 1 nitrogen and oxygen atoms in total. The van der Waals surface area contributed by atoms with Crippen molar-refractivity contribution in [1.29, 1.82) is 0 Å². The molecule has 2 rings (SSSR count). The van der Waals surface area contributed by atoms with Crippen LogP contribution in [0.1, 0.15) is 65.7 Å². The second-order valence-electron chi connectivity index (χ2n) is 6.59. The molecule has 0 aromatic carbocycles. The van der Waals surface area contributed by atoms with Gasteiger partial charge in [0.15, 0.2) is 0 Å². The van der Waals surface area contributed by atoms with Crippen LogP contribution in [-0.4, -0.2) is 12.6 Å². The minimum Gasteiger partial charge on any atom is -0.310 e. The Bertz CT molecular complexity index is 277. The van der Waals surface area contributed by atoms with Gasteiger partial charge in [0.2, 0.25) is 0 Å². The molecule has 0 aliphatic heterocycles. The van der Waals surface area contributed by atoms with E-state index in [1.165, 1.54) is 51.5 Å². The Morgan fingerprint density at radius 3 is 2.76 bits per heavy atom. The quantitative estimate of drug-likeness (QED) is 0.701. The third-order valence-electron chi connectivity index (χ3n) is 4.83. The van der Waals surface area contributed by atoms with Gasteiger partial charge in [0.1, 0.15) is 0 Å². The van der Waals surface area contributed by atoms with E-state index in [4.69, 9.17) is 0 Å². The van der Waals surface area contributed by atoms with E-state index in [2.05, 4.69) is 32.2 Å². The first-order chi connectivity index (χ1) is 8.15. The maximum Gasteiger partial charge on any atom is 0.0312 e. The summed E-state index contributed by atoms with van der Waals surface area (Å²) in [6.07, 6.45) is 12.1. The summed E-state index contributed by atoms with van der Waals surface area (Å²) in [4.78, 5) is 0. The van der Waals surface area contributed by atoms with Gasteiger partial charge in [-0.3, -0.25) is 0 Å². The molecule has 1 N–H and O–H groups in total. The Labute approximate surface area is 107 Å². The van der Waals surface area contributed by atoms with Crippen LogP contribution in [0.3, 0.4) is 0 Å². The van der Waals surface area contributed by atoms with Crippen molar-refractivity contribution < 1.29 is 0 Å². The Morgan fingerprint density at radius 2 is 2.24 bits per heavy atom. The fraction of sp³-hybridized carbons (Fsp3) is 0.875. The molecule has 2 aliphatic carbocycles. The molecule has 0 spiro atoms. The van der Waals surface area contributed by atoms with Crippen LogP contribution in [0.25, 0.3) is 0 Å². The van der Waals surface area contributed by atoms with Crippen LogP contribution in [0, 0.1) is 11.3 Å². The van der Waals surface area contributed by atoms with E-state index in [1.54, 1.807) is 5.57 Å². The molecule has 17 heavy (non-hydrogen) atoms. The number of rotatable bonds is 5. The number of hydrogen-bond acceptors (Lipinski definition) is 1. The summed E-state index contributed by atoms with van der Waals surface area (Å²) < 4.78 is 0. The molecule has 0 aromatic heterocycles. The maximum absolute atomic E-state index is 3.84. The minimum absolute atomic E-state index is 0.537. The van der Waals surface area contributed by atoms with Crippen LogP contribution in [-0.2, 0) is 0 Å². The van der Waals surface area contributed by atoms with Crippen molar-refractivity contribution in [2.45, 2.75) is 71.8 Å². The van der Waals surface area contributed by atoms with Crippen molar-refractivity contribution >= 4 is 0 Å². The number of nitrogens with one attached hydrogen (secondary N) is 1. The Kier molecular flexibility index (Phi) is 4.30. The van der Waals surface area contributed by atoms with Crippen molar-refractivity contribution in [3.05, 3.63) is 11.6 Å². The van der Waals surface area contributed by atoms with Crippen LogP contribution in [0.5, 0.6) is 0 Å². The first-order valence-electron chi connectivity index (χ1n) is 7.57. The zero-order valence-corrected chi connectivity index (χ0v) is 11.9. The van der Waals surface area contributed by atoms with Gasteiger partial charge in [0.25, 0.3) is 0 Å². The van der Waals surface area contributed by atoms with Crippen molar-refractivity contribution in [3.8, 4) is 0 Å². The summed E-state index contributed by atoms with van der Waals surface area (Å²) in [6, 6.07) is 0.676. The first-order valence-corrected chi connectivity index (χ1v) is 7.57. The smallest absolute Gasteiger partial charge is 0.0312 e. The topological polar surface area (TPSA) is 12.0 Å². The third kappa shape index (κ3) is 2.93. The van der Waals surface area contributed by atoms with E-state index < -0.39 is 0 Å². The van der Waals surface area contributed by atoms with Gasteiger partial charge >= 0.3 is 0 Å². The van der Waals surface area contributed by atoms with E-state index >= 15 is 0 Å². The lowest BCUT2D eigenvalue weighted by Crippen LogP contribution is -2.42. The normalized spacial score (nSPS) is 29.4. The molecule has 1 heteroatoms. The van der Waals surface area contributed by atoms with Crippen LogP contribution >= 0.6 is 0 Å². The summed E-state index contributed by atoms with van der Waals surface area (Å²) in [5.41, 5.74) is 2.26. The Morgan fingerprint density at radius 1 is 1.41 bits per heavy atom. The van der Waals surface area contributed by atoms with E-state index in [1.807, 2.05) is 0 Å². The lowest BCUT2D eigenvalue weighted by atomic mass is 9.75. The number of allylic oxidation sites excluding steroid dienone is 1. The van der Waals surface area contributed by atoms with Crippen molar-refractivity contribution in [3.63, 3.8) is 0 Å². The van der Waals surface area contributed by atoms with Crippen LogP contribution < -0.4 is 5.32 Å². The largest absolute Gasteiger partial charge is 0.310 e. The van der Waals surface area contributed by atoms with Crippen LogP contribution in [0.2, 0.25) is 0 Å². The highest BCUT2D eigenvalue weighted by Gasteiger charge is 2.40. The van der Waals surface area contributed by atoms with Gasteiger partial charge in [-0.15, -0.1) is 0 Å². The van der Waals surface area contributed by atoms with Gasteiger partial charge < -0.3 is 5.32 Å². The van der Waals surface area contributed by atoms with Gasteiger partial charge in [0, 0.05) is 6.04 Å². The minimum atomic E-state index is 0.537. The van der Waals surface area contributed by atoms with Crippen LogP contribution in [0.4, 0.5) is 0 Å². The Balaban J connectivity index is 2.09. The molecular formula is C16H29N. The predicted molar refractivity (Wildman–Crippen MR) is 75.1 cm³/mol. The number of hydrogen-bond donors (Lipinski definition) is 1. The zero-order chi connectivity index (χ0) is 12.3. The summed E-state index contributed by atoms with van der Waals surface area (Å²) in [5, 5.41) is 3.84. The standard InChI is InChI=1S/C16H29N/c1-4-12-17-15(13-8-5-6-9-13)14-10-7-11-16(14,2)3/h8,14-15,17H,4-7,9-12H2,1-3H3. The van der Waals surface area contributed by atoms with Crippen molar-refractivity contribution in [2.75, 3.05) is 6.54 Å². The lowest BCUT2D eigenvalue weighted by molar-refractivity contribution is 0.213. The Hall–Kier alpha value is -0.300. The molecule has 0 amide bonds. The summed E-state index contributed by atoms with van der Waals surface area (Å²) in [5.74, 6) is 0.860. The van der Waals surface area contributed by atoms with Gasteiger partial charge in [-0.1, -0.05) is 38.8 Å². The maximum atomic E-state index is 3.84. The van der Waals surface area contributed by atoms with Gasteiger partial charge in [-0.2, -0.15) is 0 Å². The van der Waals surface area contributed by atoms with Crippen molar-refractivity contribution in [2.24, 2.45) is 11.3 Å². The molecule has 2 atom stereocenters. The highest BCUT2D eigenvalue weighted by Crippen LogP contribution is 2.46. The van der Waals surface area contributed by atoms with E-state index in [0.717, 1.165) is 5.92 Å². The molecule has 1 fully saturated rings. The average molecular weight is 235 g/mol. The predicted octanol–water partition coefficient (Wildman–Crippen LogP) is 4.29. The summed E-state index contributed by atoms with van der Waals surface area (Å²) in [7, 11) is 0. The fourth-order valence-electron chi connectivity index (χ4n) is 3.78. The van der Waals surface area contributed by atoms with E-state index in [-0.39, 0.29) is 0 Å². The fourth-order valence-corrected chi connectivity index (χ4v) is 3.78. The monoisotopic (exact) mass is 235 g/mol. The SMILES string of the molecule is CCCNC(C1=CCCC1)C1CCCC1(C)C. The first kappa shape index (κ1) is 13.1. The molecule has 98 valence electrons. The van der Waals surface area contributed by atoms with E-state index in [0.29, 0.717) is 11.5 Å². The summed E-state index contributed by atoms with van der Waals surface area (Å²) in [6.45, 7) is 8.39. The molecule has 0 radical (unpaired) electrons. The van der Waals surface area contributed by atoms with Crippen LogP contribution in [0.15, 0.2) is 11.6 Å². The van der Waals surface area contributed by atoms with Gasteiger partial charge in [-0.25, -0.2) is 0 Å². The molecule has 1 saturated carbocycles. The average Bonchev–Trinajstić information content (AvgIpc) is 2.90.